The van der Waals surface area contributed by atoms with E-state index in [-0.39, 0.29) is 38.8 Å². The van der Waals surface area contributed by atoms with Crippen LogP contribution in [0.5, 0.6) is 0 Å². The third-order valence-corrected chi connectivity index (χ3v) is 5.07. The van der Waals surface area contributed by atoms with Crippen LogP contribution >= 0.6 is 0 Å². The molecule has 0 saturated heterocycles. The van der Waals surface area contributed by atoms with Gasteiger partial charge in [0, 0.05) is 0 Å². The molecule has 0 fully saturated rings. The van der Waals surface area contributed by atoms with Gasteiger partial charge in [0.25, 0.3) is 0 Å². The molecule has 27 heavy (non-hydrogen) atoms. The zero-order valence-electron chi connectivity index (χ0n) is 17.5. The first-order valence-corrected chi connectivity index (χ1v) is 12.1. The summed E-state index contributed by atoms with van der Waals surface area (Å²) in [6, 6.07) is 0. The van der Waals surface area contributed by atoms with E-state index in [9.17, 15) is 0 Å². The molecule has 0 amide bonds. The molecule has 0 heterocycles. The van der Waals surface area contributed by atoms with E-state index in [1.165, 1.54) is 116 Å². The smallest absolute Gasteiger partial charge is 0.793 e. The van der Waals surface area contributed by atoms with E-state index in [0.717, 1.165) is 11.5 Å². The second-order valence-electron chi connectivity index (χ2n) is 7.07. The summed E-state index contributed by atoms with van der Waals surface area (Å²) < 4.78 is 0. The Labute approximate surface area is 204 Å². The van der Waals surface area contributed by atoms with Gasteiger partial charge in [-0.2, -0.15) is 11.5 Å². The van der Waals surface area contributed by atoms with Crippen molar-refractivity contribution < 1.29 is 0 Å². The fourth-order valence-electron chi connectivity index (χ4n) is 2.83. The summed E-state index contributed by atoms with van der Waals surface area (Å²) in [5.41, 5.74) is 0. The summed E-state index contributed by atoms with van der Waals surface area (Å²) in [5.74, 6) is 1.91. The minimum Gasteiger partial charge on any atom is -0.793 e. The molecule has 166 valence electrons. The summed E-state index contributed by atoms with van der Waals surface area (Å²) in [6.45, 7) is 4.53. The van der Waals surface area contributed by atoms with Crippen molar-refractivity contribution in [1.29, 1.82) is 0 Å². The minimum atomic E-state index is 0. The molecule has 0 aliphatic carbocycles. The van der Waals surface area contributed by atoms with Gasteiger partial charge in [0.1, 0.15) is 0 Å². The number of hydrogen-bond donors (Lipinski definition) is 0. The van der Waals surface area contributed by atoms with Gasteiger partial charge < -0.3 is 25.3 Å². The molecule has 0 aliphatic rings. The molecule has 0 aromatic rings. The monoisotopic (exact) mass is 526 g/mol. The van der Waals surface area contributed by atoms with Crippen LogP contribution < -0.4 is 0 Å². The van der Waals surface area contributed by atoms with E-state index < -0.39 is 0 Å². The summed E-state index contributed by atoms with van der Waals surface area (Å²) in [6.07, 6.45) is 25.1. The van der Waals surface area contributed by atoms with Crippen molar-refractivity contribution >= 4 is 49.2 Å². The second-order valence-corrected chi connectivity index (χ2v) is 7.88. The van der Waals surface area contributed by atoms with Crippen molar-refractivity contribution in [2.45, 2.75) is 144 Å². The molecule has 0 nitrogen and oxygen atoms in total. The molecule has 0 unspecified atom stereocenters. The van der Waals surface area contributed by atoms with E-state index in [2.05, 4.69) is 13.8 Å². The molecule has 0 atom stereocenters. The number of hydrogen-bond acceptors (Lipinski definition) is 2. The van der Waals surface area contributed by atoms with Crippen LogP contribution in [0.25, 0.3) is 0 Å². The maximum atomic E-state index is 4.89. The Balaban J connectivity index is -0.000000108. The Morgan fingerprint density at radius 3 is 0.741 bits per heavy atom. The normalized spacial score (nSPS) is 9.33. The van der Waals surface area contributed by atoms with Crippen molar-refractivity contribution in [1.82, 2.24) is 0 Å². The van der Waals surface area contributed by atoms with Crippen molar-refractivity contribution in [3.63, 3.8) is 0 Å². The zero-order valence-corrected chi connectivity index (χ0v) is 21.9. The van der Waals surface area contributed by atoms with Gasteiger partial charge in [-0.3, -0.25) is 0 Å². The van der Waals surface area contributed by atoms with Crippen LogP contribution in [0, 0.1) is 0 Å². The van der Waals surface area contributed by atoms with E-state index >= 15 is 0 Å². The summed E-state index contributed by atoms with van der Waals surface area (Å²) in [4.78, 5) is 0. The van der Waals surface area contributed by atoms with Crippen LogP contribution in [0.15, 0.2) is 0 Å². The first-order valence-electron chi connectivity index (χ1n) is 11.0. The van der Waals surface area contributed by atoms with Gasteiger partial charge >= 0.3 is 23.9 Å². The minimum absolute atomic E-state index is 0. The predicted octanol–water partition coefficient (Wildman–Crippen LogP) is 9.02. The van der Waals surface area contributed by atoms with Gasteiger partial charge in [0.2, 0.25) is 0 Å². The van der Waals surface area contributed by atoms with Gasteiger partial charge in [0.05, 0.1) is 0 Å². The quantitative estimate of drug-likeness (QED) is 0.0995. The van der Waals surface area contributed by atoms with Gasteiger partial charge in [-0.25, -0.2) is 0 Å². The van der Waals surface area contributed by atoms with Crippen molar-refractivity contribution in [2.24, 2.45) is 0 Å². The Hall–Kier alpha value is 1.50. The molecule has 0 N–H and O–H groups in total. The van der Waals surface area contributed by atoms with Gasteiger partial charge in [-0.15, -0.1) is 0 Å². The maximum absolute atomic E-state index is 4.89. The van der Waals surface area contributed by atoms with Crippen LogP contribution in [0.4, 0.5) is 0 Å². The summed E-state index contributed by atoms with van der Waals surface area (Å²) in [7, 11) is 0. The first kappa shape index (κ1) is 39.0. The van der Waals surface area contributed by atoms with Crippen molar-refractivity contribution in [3.05, 3.63) is 0 Å². The predicted molar refractivity (Wildman–Crippen MR) is 138 cm³/mol. The standard InChI is InChI=1S/2C11H24S.2CH4.Sn/c2*1-2-3-4-5-6-7-8-9-10-11-12;;;/h2*12H,2-11H2,1H3;2*1H4;/q;;;;+2/p-2. The molecule has 0 bridgehead atoms. The third-order valence-electron chi connectivity index (χ3n) is 4.50. The summed E-state index contributed by atoms with van der Waals surface area (Å²) in [5, 5.41) is 0. The molecule has 0 saturated carbocycles. The van der Waals surface area contributed by atoms with Crippen LogP contribution in [0.1, 0.15) is 144 Å². The number of unbranched alkanes of at least 4 members (excludes halogenated alkanes) is 16. The fourth-order valence-corrected chi connectivity index (χ4v) is 3.23. The number of rotatable bonds is 18. The average molecular weight is 526 g/mol. The Morgan fingerprint density at radius 2 is 0.556 bits per heavy atom. The van der Waals surface area contributed by atoms with Crippen molar-refractivity contribution in [3.8, 4) is 0 Å². The Kier molecular flexibility index (Phi) is 60.4. The van der Waals surface area contributed by atoms with Crippen LogP contribution in [0.3, 0.4) is 0 Å². The average Bonchev–Trinajstić information content (AvgIpc) is 2.60. The van der Waals surface area contributed by atoms with E-state index in [0.29, 0.717) is 0 Å². The fraction of sp³-hybridized carbons (Fsp3) is 1.00. The topological polar surface area (TPSA) is 0 Å². The van der Waals surface area contributed by atoms with Gasteiger partial charge in [-0.1, -0.05) is 144 Å². The van der Waals surface area contributed by atoms with E-state index in [1.807, 2.05) is 0 Å². The van der Waals surface area contributed by atoms with E-state index in [4.69, 9.17) is 25.3 Å². The third kappa shape index (κ3) is 47.0. The molecule has 2 radical (unpaired) electrons. The van der Waals surface area contributed by atoms with Crippen molar-refractivity contribution in [2.75, 3.05) is 11.5 Å². The summed E-state index contributed by atoms with van der Waals surface area (Å²) >= 11 is 9.77. The molecule has 0 aromatic heterocycles. The Bertz CT molecular complexity index is 149. The van der Waals surface area contributed by atoms with Crippen LogP contribution in [-0.2, 0) is 25.3 Å². The van der Waals surface area contributed by atoms with Crippen LogP contribution in [0.2, 0.25) is 0 Å². The first-order chi connectivity index (χ1) is 11.8. The maximum Gasteiger partial charge on any atom is 2.00 e. The molecule has 0 aromatic carbocycles. The van der Waals surface area contributed by atoms with Crippen LogP contribution in [-0.4, -0.2) is 35.4 Å². The SMILES string of the molecule is C.C.CCCCCCCCCCC[S-].CCCCCCCCCCC[S-].[Sn+2]. The van der Waals surface area contributed by atoms with E-state index in [1.54, 1.807) is 0 Å². The van der Waals surface area contributed by atoms with Gasteiger partial charge in [-0.05, 0) is 0 Å². The molecular weight excluding hydrogens is 471 g/mol. The Morgan fingerprint density at radius 1 is 0.370 bits per heavy atom. The second kappa shape index (κ2) is 41.8. The largest absolute Gasteiger partial charge is 2.00 e. The van der Waals surface area contributed by atoms with Gasteiger partial charge in [0.15, 0.2) is 0 Å². The molecule has 3 heteroatoms. The molecule has 0 aliphatic heterocycles. The zero-order chi connectivity index (χ0) is 18.1. The molecular formula is C24H54S2Sn. The molecule has 0 spiro atoms. The molecule has 0 rings (SSSR count).